The molecule has 0 fully saturated rings. The van der Waals surface area contributed by atoms with Crippen LogP contribution in [-0.4, -0.2) is 0 Å². The van der Waals surface area contributed by atoms with E-state index in [1.54, 1.807) is 24.3 Å². The molecule has 0 unspecified atom stereocenters. The number of hydrogen-bond acceptors (Lipinski definition) is 2. The van der Waals surface area contributed by atoms with E-state index in [0.29, 0.717) is 17.9 Å². The number of nitriles is 1. The summed E-state index contributed by atoms with van der Waals surface area (Å²) in [5.41, 5.74) is 0.930. The summed E-state index contributed by atoms with van der Waals surface area (Å²) in [4.78, 5) is 0. The van der Waals surface area contributed by atoms with E-state index in [4.69, 9.17) is 10.00 Å². The lowest BCUT2D eigenvalue weighted by atomic mass is 10.2. The molecule has 17 heavy (non-hydrogen) atoms. The summed E-state index contributed by atoms with van der Waals surface area (Å²) in [7, 11) is 0. The highest BCUT2D eigenvalue weighted by Crippen LogP contribution is 2.22. The Labute approximate surface area is 98.9 Å². The van der Waals surface area contributed by atoms with E-state index in [1.807, 2.05) is 12.1 Å². The summed E-state index contributed by atoms with van der Waals surface area (Å²) < 4.78 is 18.4. The van der Waals surface area contributed by atoms with Crippen LogP contribution in [0.1, 0.15) is 5.56 Å². The first kappa shape index (κ1) is 11.2. The fraction of sp³-hybridized carbons (Fsp3) is 0.0714. The summed E-state index contributed by atoms with van der Waals surface area (Å²) in [6, 6.07) is 15.2. The fourth-order valence-corrected chi connectivity index (χ4v) is 1.43. The zero-order valence-corrected chi connectivity index (χ0v) is 9.06. The summed E-state index contributed by atoms with van der Waals surface area (Å²) in [5, 5.41) is 8.53. The van der Waals surface area contributed by atoms with E-state index >= 15 is 0 Å². The third-order valence-corrected chi connectivity index (χ3v) is 2.24. The monoisotopic (exact) mass is 227 g/mol. The topological polar surface area (TPSA) is 33.0 Å². The Kier molecular flexibility index (Phi) is 3.37. The van der Waals surface area contributed by atoms with E-state index in [9.17, 15) is 4.39 Å². The Bertz CT molecular complexity index is 543. The van der Waals surface area contributed by atoms with Gasteiger partial charge in [-0.25, -0.2) is 4.39 Å². The van der Waals surface area contributed by atoms with Gasteiger partial charge in [0.1, 0.15) is 17.3 Å². The van der Waals surface area contributed by atoms with Crippen molar-refractivity contribution < 1.29 is 9.13 Å². The summed E-state index contributed by atoms with van der Waals surface area (Å²) in [6.07, 6.45) is 0.375. The zero-order chi connectivity index (χ0) is 12.1. The van der Waals surface area contributed by atoms with Gasteiger partial charge in [0, 0.05) is 6.07 Å². The van der Waals surface area contributed by atoms with Crippen LogP contribution in [0.2, 0.25) is 0 Å². The van der Waals surface area contributed by atoms with Gasteiger partial charge in [-0.05, 0) is 29.8 Å². The van der Waals surface area contributed by atoms with Gasteiger partial charge in [0.2, 0.25) is 0 Å². The number of halogens is 1. The fourth-order valence-electron chi connectivity index (χ4n) is 1.43. The number of ether oxygens (including phenoxy) is 1. The van der Waals surface area contributed by atoms with Crippen molar-refractivity contribution in [3.8, 4) is 17.6 Å². The smallest absolute Gasteiger partial charge is 0.130 e. The van der Waals surface area contributed by atoms with Crippen LogP contribution in [0.25, 0.3) is 0 Å². The molecule has 0 amide bonds. The molecule has 0 heterocycles. The maximum Gasteiger partial charge on any atom is 0.130 e. The molecule has 0 spiro atoms. The molecule has 2 aromatic carbocycles. The second-order valence-corrected chi connectivity index (χ2v) is 3.54. The van der Waals surface area contributed by atoms with Gasteiger partial charge < -0.3 is 4.74 Å². The third-order valence-electron chi connectivity index (χ3n) is 2.24. The van der Waals surface area contributed by atoms with Gasteiger partial charge in [-0.1, -0.05) is 18.2 Å². The molecule has 0 aliphatic carbocycles. The van der Waals surface area contributed by atoms with Gasteiger partial charge in [-0.2, -0.15) is 5.26 Å². The normalized spacial score (nSPS) is 9.65. The largest absolute Gasteiger partial charge is 0.457 e. The van der Waals surface area contributed by atoms with Crippen molar-refractivity contribution in [2.45, 2.75) is 6.42 Å². The van der Waals surface area contributed by atoms with Crippen molar-refractivity contribution in [3.05, 3.63) is 59.9 Å². The first-order chi connectivity index (χ1) is 8.28. The van der Waals surface area contributed by atoms with Gasteiger partial charge in [-0.3, -0.25) is 0 Å². The average molecular weight is 227 g/mol. The molecule has 0 saturated heterocycles. The van der Waals surface area contributed by atoms with Crippen LogP contribution >= 0.6 is 0 Å². The summed E-state index contributed by atoms with van der Waals surface area (Å²) >= 11 is 0. The van der Waals surface area contributed by atoms with E-state index in [0.717, 1.165) is 5.56 Å². The molecule has 2 nitrogen and oxygen atoms in total. The predicted octanol–water partition coefficient (Wildman–Crippen LogP) is 3.68. The van der Waals surface area contributed by atoms with Gasteiger partial charge in [0.05, 0.1) is 12.5 Å². The zero-order valence-electron chi connectivity index (χ0n) is 9.06. The lowest BCUT2D eigenvalue weighted by Crippen LogP contribution is -1.86. The first-order valence-corrected chi connectivity index (χ1v) is 5.17. The minimum absolute atomic E-state index is 0.330. The van der Waals surface area contributed by atoms with Crippen LogP contribution in [0.5, 0.6) is 11.5 Å². The highest BCUT2D eigenvalue weighted by molar-refractivity contribution is 5.33. The maximum absolute atomic E-state index is 12.9. The molecule has 3 heteroatoms. The molecule has 0 radical (unpaired) electrons. The Hall–Kier alpha value is -2.34. The van der Waals surface area contributed by atoms with Crippen molar-refractivity contribution >= 4 is 0 Å². The second-order valence-electron chi connectivity index (χ2n) is 3.54. The lowest BCUT2D eigenvalue weighted by molar-refractivity contribution is 0.476. The quantitative estimate of drug-likeness (QED) is 0.801. The Morgan fingerprint density at radius 3 is 2.47 bits per heavy atom. The molecular formula is C14H10FNO. The number of nitrogens with zero attached hydrogens (tertiary/aromatic N) is 1. The average Bonchev–Trinajstić information content (AvgIpc) is 2.32. The minimum Gasteiger partial charge on any atom is -0.457 e. The molecule has 0 aromatic heterocycles. The van der Waals surface area contributed by atoms with Crippen LogP contribution in [0, 0.1) is 17.1 Å². The van der Waals surface area contributed by atoms with Gasteiger partial charge in [-0.15, -0.1) is 0 Å². The van der Waals surface area contributed by atoms with Crippen LogP contribution in [-0.2, 0) is 6.42 Å². The van der Waals surface area contributed by atoms with Crippen molar-refractivity contribution in [2.75, 3.05) is 0 Å². The number of hydrogen-bond donors (Lipinski definition) is 0. The summed E-state index contributed by atoms with van der Waals surface area (Å²) in [5.74, 6) is 0.749. The molecule has 2 rings (SSSR count). The van der Waals surface area contributed by atoms with Crippen LogP contribution < -0.4 is 4.74 Å². The van der Waals surface area contributed by atoms with E-state index < -0.39 is 0 Å². The number of benzene rings is 2. The van der Waals surface area contributed by atoms with Crippen LogP contribution in [0.3, 0.4) is 0 Å². The Balaban J connectivity index is 2.11. The lowest BCUT2D eigenvalue weighted by Gasteiger charge is -2.05. The van der Waals surface area contributed by atoms with Crippen molar-refractivity contribution in [3.63, 3.8) is 0 Å². The predicted molar refractivity (Wildman–Crippen MR) is 62.2 cm³/mol. The van der Waals surface area contributed by atoms with Crippen LogP contribution in [0.4, 0.5) is 4.39 Å². The number of rotatable bonds is 3. The first-order valence-electron chi connectivity index (χ1n) is 5.17. The molecule has 0 aliphatic heterocycles. The second kappa shape index (κ2) is 5.13. The highest BCUT2D eigenvalue weighted by Gasteiger charge is 1.99. The Morgan fingerprint density at radius 2 is 1.82 bits per heavy atom. The highest BCUT2D eigenvalue weighted by atomic mass is 19.1. The standard InChI is InChI=1S/C14H10FNO/c15-12-2-1-3-14(10-12)17-13-6-4-11(5-7-13)8-9-16/h1-7,10H,8H2. The molecule has 0 saturated carbocycles. The van der Waals surface area contributed by atoms with Crippen molar-refractivity contribution in [2.24, 2.45) is 0 Å². The van der Waals surface area contributed by atoms with Gasteiger partial charge in [0.15, 0.2) is 0 Å². The molecule has 0 N–H and O–H groups in total. The van der Waals surface area contributed by atoms with E-state index in [1.165, 1.54) is 12.1 Å². The van der Waals surface area contributed by atoms with E-state index in [2.05, 4.69) is 6.07 Å². The Morgan fingerprint density at radius 1 is 1.06 bits per heavy atom. The molecule has 84 valence electrons. The van der Waals surface area contributed by atoms with Gasteiger partial charge >= 0.3 is 0 Å². The third kappa shape index (κ3) is 3.05. The van der Waals surface area contributed by atoms with Crippen LogP contribution in [0.15, 0.2) is 48.5 Å². The maximum atomic E-state index is 12.9. The molecule has 2 aromatic rings. The molecule has 0 aliphatic rings. The van der Waals surface area contributed by atoms with Crippen molar-refractivity contribution in [1.29, 1.82) is 5.26 Å². The minimum atomic E-state index is -0.330. The molecule has 0 atom stereocenters. The van der Waals surface area contributed by atoms with E-state index in [-0.39, 0.29) is 5.82 Å². The molecular weight excluding hydrogens is 217 g/mol. The SMILES string of the molecule is N#CCc1ccc(Oc2cccc(F)c2)cc1. The van der Waals surface area contributed by atoms with Crippen molar-refractivity contribution in [1.82, 2.24) is 0 Å². The molecule has 0 bridgehead atoms. The van der Waals surface area contributed by atoms with Gasteiger partial charge in [0.25, 0.3) is 0 Å². The summed E-state index contributed by atoms with van der Waals surface area (Å²) in [6.45, 7) is 0.